The minimum Gasteiger partial charge on any atom is -0.344 e. The number of nitrogens with one attached hydrogen (secondary N) is 1. The Bertz CT molecular complexity index is 928. The maximum Gasteiger partial charge on any atom is 0.282 e. The fourth-order valence-electron chi connectivity index (χ4n) is 3.47. The number of rotatable bonds is 5. The third-order valence-corrected chi connectivity index (χ3v) is 5.25. The first-order valence-electron chi connectivity index (χ1n) is 8.88. The van der Waals surface area contributed by atoms with E-state index in [9.17, 15) is 22.8 Å². The molecule has 2 aromatic rings. The topological polar surface area (TPSA) is 64.8 Å². The molecule has 0 amide bonds. The molecule has 9 heteroatoms. The monoisotopic (exact) mass is 391 g/mol. The Morgan fingerprint density at radius 2 is 1.89 bits per heavy atom. The zero-order valence-electron chi connectivity index (χ0n) is 14.8. The van der Waals surface area contributed by atoms with Crippen molar-refractivity contribution in [3.8, 4) is 6.07 Å². The molecule has 0 spiro atoms. The van der Waals surface area contributed by atoms with Crippen LogP contribution < -0.4 is 10.2 Å². The molecule has 0 bridgehead atoms. The average Bonchev–Trinajstić information content (AvgIpc) is 2.59. The van der Waals surface area contributed by atoms with Crippen molar-refractivity contribution in [2.45, 2.75) is 37.0 Å². The molecule has 0 atom stereocenters. The first kappa shape index (κ1) is 18.5. The van der Waals surface area contributed by atoms with Crippen molar-refractivity contribution in [3.63, 3.8) is 0 Å². The molecule has 1 saturated heterocycles. The van der Waals surface area contributed by atoms with Crippen molar-refractivity contribution in [1.82, 2.24) is 9.97 Å². The predicted octanol–water partition coefficient (Wildman–Crippen LogP) is 4.56. The summed E-state index contributed by atoms with van der Waals surface area (Å²) in [6.07, 6.45) is 0.892. The Morgan fingerprint density at radius 3 is 2.46 bits per heavy atom. The Labute approximate surface area is 159 Å². The van der Waals surface area contributed by atoms with E-state index < -0.39 is 30.9 Å². The van der Waals surface area contributed by atoms with E-state index in [4.69, 9.17) is 0 Å². The molecule has 146 valence electrons. The van der Waals surface area contributed by atoms with Crippen LogP contribution in [0.5, 0.6) is 0 Å². The lowest BCUT2D eigenvalue weighted by Gasteiger charge is -2.41. The van der Waals surface area contributed by atoms with Crippen LogP contribution in [0, 0.1) is 11.3 Å². The number of pyridine rings is 2. The van der Waals surface area contributed by atoms with Crippen LogP contribution in [0.3, 0.4) is 0 Å². The third-order valence-electron chi connectivity index (χ3n) is 5.25. The second-order valence-electron chi connectivity index (χ2n) is 7.26. The van der Waals surface area contributed by atoms with Crippen LogP contribution in [-0.2, 0) is 5.41 Å². The van der Waals surface area contributed by atoms with Crippen LogP contribution in [-0.4, -0.2) is 29.0 Å². The van der Waals surface area contributed by atoms with E-state index in [0.717, 1.165) is 6.42 Å². The van der Waals surface area contributed by atoms with Gasteiger partial charge in [-0.15, -0.1) is 0 Å². The van der Waals surface area contributed by atoms with Gasteiger partial charge in [-0.05, 0) is 49.1 Å². The van der Waals surface area contributed by atoms with Gasteiger partial charge in [-0.2, -0.15) is 5.26 Å². The lowest BCUT2D eigenvalue weighted by atomic mass is 9.65. The lowest BCUT2D eigenvalue weighted by Crippen LogP contribution is -2.56. The fraction of sp³-hybridized carbons (Fsp3) is 0.421. The number of hydrogen-bond acceptors (Lipinski definition) is 5. The average molecular weight is 391 g/mol. The van der Waals surface area contributed by atoms with Gasteiger partial charge >= 0.3 is 0 Å². The number of nitriles is 1. The van der Waals surface area contributed by atoms with Crippen molar-refractivity contribution in [2.24, 2.45) is 0 Å². The summed E-state index contributed by atoms with van der Waals surface area (Å²) in [7, 11) is 0. The van der Waals surface area contributed by atoms with E-state index in [-0.39, 0.29) is 17.2 Å². The zero-order valence-corrected chi connectivity index (χ0v) is 14.8. The van der Waals surface area contributed by atoms with Gasteiger partial charge in [-0.3, -0.25) is 0 Å². The van der Waals surface area contributed by atoms with Crippen molar-refractivity contribution >= 4 is 17.5 Å². The molecule has 1 aliphatic heterocycles. The second-order valence-corrected chi connectivity index (χ2v) is 7.26. The molecule has 1 aliphatic carbocycles. The van der Waals surface area contributed by atoms with Crippen LogP contribution in [0.4, 0.5) is 35.0 Å². The fourth-order valence-corrected chi connectivity index (χ4v) is 3.47. The Morgan fingerprint density at radius 1 is 1.14 bits per heavy atom. The van der Waals surface area contributed by atoms with E-state index in [0.29, 0.717) is 24.2 Å². The molecule has 28 heavy (non-hydrogen) atoms. The quantitative estimate of drug-likeness (QED) is 0.757. The molecular weight excluding hydrogens is 374 g/mol. The highest BCUT2D eigenvalue weighted by atomic mass is 19.3. The molecule has 1 saturated carbocycles. The standard InChI is InChI=1S/C19H17F4N5/c20-17(21)12-2-5-25-14(6-12)26-15-7-13(18(9-24)3-1-4-18)8-16(27-15)28-10-19(22,23)11-28/h2,5-8,17H,1,3-4,10-11H2,(H,25,26,27). The van der Waals surface area contributed by atoms with E-state index in [2.05, 4.69) is 21.4 Å². The van der Waals surface area contributed by atoms with E-state index in [1.807, 2.05) is 0 Å². The van der Waals surface area contributed by atoms with Crippen molar-refractivity contribution < 1.29 is 17.6 Å². The minimum atomic E-state index is -2.76. The normalized spacial score (nSPS) is 19.5. The number of nitrogens with zero attached hydrogens (tertiary/aromatic N) is 4. The van der Waals surface area contributed by atoms with E-state index in [1.165, 1.54) is 23.2 Å². The highest BCUT2D eigenvalue weighted by Gasteiger charge is 2.45. The number of halogens is 4. The third kappa shape index (κ3) is 3.35. The zero-order chi connectivity index (χ0) is 19.9. The second kappa shape index (κ2) is 6.62. The molecule has 0 aromatic carbocycles. The Balaban J connectivity index is 1.68. The van der Waals surface area contributed by atoms with E-state index >= 15 is 0 Å². The van der Waals surface area contributed by atoms with Gasteiger partial charge in [0, 0.05) is 11.8 Å². The molecule has 2 aliphatic rings. The molecule has 4 rings (SSSR count). The largest absolute Gasteiger partial charge is 0.344 e. The smallest absolute Gasteiger partial charge is 0.282 e. The highest BCUT2D eigenvalue weighted by molar-refractivity contribution is 5.60. The summed E-state index contributed by atoms with van der Waals surface area (Å²) < 4.78 is 52.4. The summed E-state index contributed by atoms with van der Waals surface area (Å²) in [5.74, 6) is -1.98. The van der Waals surface area contributed by atoms with Crippen LogP contribution >= 0.6 is 0 Å². The maximum absolute atomic E-state index is 13.3. The predicted molar refractivity (Wildman–Crippen MR) is 95.0 cm³/mol. The molecule has 1 N–H and O–H groups in total. The summed E-state index contributed by atoms with van der Waals surface area (Å²) in [5, 5.41) is 12.5. The van der Waals surface area contributed by atoms with Crippen LogP contribution in [0.2, 0.25) is 0 Å². The Kier molecular flexibility index (Phi) is 4.37. The van der Waals surface area contributed by atoms with Crippen molar-refractivity contribution in [2.75, 3.05) is 23.3 Å². The molecule has 0 radical (unpaired) electrons. The summed E-state index contributed by atoms with van der Waals surface area (Å²) in [6.45, 7) is -0.886. The maximum atomic E-state index is 13.3. The summed E-state index contributed by atoms with van der Waals surface area (Å²) in [6, 6.07) is 8.09. The van der Waals surface area contributed by atoms with Gasteiger partial charge in [0.2, 0.25) is 0 Å². The summed E-state index contributed by atoms with van der Waals surface area (Å²) >= 11 is 0. The van der Waals surface area contributed by atoms with Gasteiger partial charge in [0.25, 0.3) is 12.3 Å². The summed E-state index contributed by atoms with van der Waals surface area (Å²) in [4.78, 5) is 9.79. The number of alkyl halides is 4. The van der Waals surface area contributed by atoms with Gasteiger partial charge in [0.1, 0.15) is 17.5 Å². The first-order chi connectivity index (χ1) is 13.3. The highest BCUT2D eigenvalue weighted by Crippen LogP contribution is 2.45. The minimum absolute atomic E-state index is 0.168. The van der Waals surface area contributed by atoms with Crippen molar-refractivity contribution in [1.29, 1.82) is 5.26 Å². The number of hydrogen-bond donors (Lipinski definition) is 1. The molecular formula is C19H17F4N5. The van der Waals surface area contributed by atoms with Crippen molar-refractivity contribution in [3.05, 3.63) is 41.6 Å². The van der Waals surface area contributed by atoms with Gasteiger partial charge in [-0.25, -0.2) is 27.5 Å². The lowest BCUT2D eigenvalue weighted by molar-refractivity contribution is -0.0267. The van der Waals surface area contributed by atoms with Crippen LogP contribution in [0.15, 0.2) is 30.5 Å². The van der Waals surface area contributed by atoms with Gasteiger partial charge in [0.05, 0.1) is 24.6 Å². The van der Waals surface area contributed by atoms with Gasteiger partial charge in [-0.1, -0.05) is 0 Å². The molecule has 5 nitrogen and oxygen atoms in total. The molecule has 0 unspecified atom stereocenters. The van der Waals surface area contributed by atoms with E-state index in [1.54, 1.807) is 12.1 Å². The van der Waals surface area contributed by atoms with Crippen LogP contribution in [0.1, 0.15) is 36.8 Å². The molecule has 3 heterocycles. The SMILES string of the molecule is N#CC1(c2cc(Nc3cc(C(F)F)ccn3)nc(N3CC(F)(F)C3)c2)CCC1. The Hall–Kier alpha value is -2.89. The summed E-state index contributed by atoms with van der Waals surface area (Å²) in [5.41, 5.74) is -0.169. The van der Waals surface area contributed by atoms with Gasteiger partial charge in [0.15, 0.2) is 0 Å². The molecule has 2 fully saturated rings. The first-order valence-corrected chi connectivity index (χ1v) is 8.88. The number of anilines is 3. The number of aromatic nitrogens is 2. The van der Waals surface area contributed by atoms with Gasteiger partial charge < -0.3 is 10.2 Å². The molecule has 2 aromatic heterocycles. The van der Waals surface area contributed by atoms with Crippen LogP contribution in [0.25, 0.3) is 0 Å².